The van der Waals surface area contributed by atoms with Gasteiger partial charge >= 0.3 is 0 Å². The Bertz CT molecular complexity index is 759. The number of carbonyl (C=O) groups excluding carboxylic acids is 1. The van der Waals surface area contributed by atoms with E-state index in [-0.39, 0.29) is 11.9 Å². The molecule has 148 valence electrons. The van der Waals surface area contributed by atoms with E-state index < -0.39 is 0 Å². The van der Waals surface area contributed by atoms with Crippen LogP contribution in [0.3, 0.4) is 0 Å². The zero-order valence-electron chi connectivity index (χ0n) is 16.4. The van der Waals surface area contributed by atoms with Gasteiger partial charge in [0.15, 0.2) is 0 Å². The number of carbonyl (C=O) groups is 1. The molecule has 0 radical (unpaired) electrons. The molecule has 2 atom stereocenters. The minimum Gasteiger partial charge on any atom is -0.339 e. The van der Waals surface area contributed by atoms with Gasteiger partial charge in [0.1, 0.15) is 0 Å². The summed E-state index contributed by atoms with van der Waals surface area (Å²) in [7, 11) is 0. The average Bonchev–Trinajstić information content (AvgIpc) is 3.10. The van der Waals surface area contributed by atoms with E-state index in [4.69, 9.17) is 5.73 Å². The number of hydrogen-bond donors (Lipinski definition) is 1. The lowest BCUT2D eigenvalue weighted by molar-refractivity contribution is -0.134. The van der Waals surface area contributed by atoms with E-state index in [2.05, 4.69) is 58.3 Å². The second-order valence-electron chi connectivity index (χ2n) is 8.02. The van der Waals surface area contributed by atoms with Crippen molar-refractivity contribution >= 4 is 5.91 Å². The normalized spacial score (nSPS) is 23.8. The number of nitrogens with zero attached hydrogens (tertiary/aromatic N) is 3. The summed E-state index contributed by atoms with van der Waals surface area (Å²) in [6.07, 6.45) is 0. The summed E-state index contributed by atoms with van der Waals surface area (Å²) in [6.45, 7) is 6.60. The molecule has 0 bridgehead atoms. The first-order chi connectivity index (χ1) is 13.7. The highest BCUT2D eigenvalue weighted by Gasteiger charge is 2.33. The van der Waals surface area contributed by atoms with E-state index in [0.29, 0.717) is 12.5 Å². The summed E-state index contributed by atoms with van der Waals surface area (Å²) in [4.78, 5) is 19.5. The van der Waals surface area contributed by atoms with Crippen LogP contribution in [0.5, 0.6) is 0 Å². The third-order valence-electron chi connectivity index (χ3n) is 6.00. The van der Waals surface area contributed by atoms with Crippen molar-refractivity contribution in [3.8, 4) is 0 Å². The van der Waals surface area contributed by atoms with E-state index in [1.165, 1.54) is 11.1 Å². The molecule has 0 aliphatic carbocycles. The van der Waals surface area contributed by atoms with Gasteiger partial charge in [-0.25, -0.2) is 0 Å². The molecule has 5 nitrogen and oxygen atoms in total. The minimum atomic E-state index is 0.0953. The van der Waals surface area contributed by atoms with Crippen LogP contribution in [-0.2, 0) is 11.3 Å². The molecule has 2 heterocycles. The molecule has 0 aromatic heterocycles. The molecular formula is C23H30N4O. The number of piperazine rings is 1. The molecule has 0 saturated carbocycles. The molecule has 5 heteroatoms. The number of likely N-dealkylation sites (tertiary alicyclic amines) is 1. The number of rotatable bonds is 5. The van der Waals surface area contributed by atoms with Gasteiger partial charge in [0.2, 0.25) is 5.91 Å². The smallest absolute Gasteiger partial charge is 0.236 e. The molecule has 2 aliphatic rings. The van der Waals surface area contributed by atoms with Crippen LogP contribution in [0.1, 0.15) is 17.0 Å². The molecule has 4 rings (SSSR count). The van der Waals surface area contributed by atoms with Gasteiger partial charge in [-0.05, 0) is 11.1 Å². The van der Waals surface area contributed by atoms with Crippen LogP contribution in [0.4, 0.5) is 0 Å². The largest absolute Gasteiger partial charge is 0.339 e. The fourth-order valence-corrected chi connectivity index (χ4v) is 4.38. The van der Waals surface area contributed by atoms with Gasteiger partial charge in [0.25, 0.3) is 0 Å². The van der Waals surface area contributed by atoms with Crippen LogP contribution in [-0.4, -0.2) is 72.5 Å². The molecule has 0 spiro atoms. The number of amides is 1. The van der Waals surface area contributed by atoms with Gasteiger partial charge in [0, 0.05) is 57.8 Å². The molecule has 2 aliphatic heterocycles. The zero-order chi connectivity index (χ0) is 19.3. The molecule has 2 aromatic carbocycles. The van der Waals surface area contributed by atoms with Crippen LogP contribution in [0.2, 0.25) is 0 Å². The molecule has 0 unspecified atom stereocenters. The summed E-state index contributed by atoms with van der Waals surface area (Å²) >= 11 is 0. The highest BCUT2D eigenvalue weighted by atomic mass is 16.2. The van der Waals surface area contributed by atoms with Crippen molar-refractivity contribution in [3.05, 3.63) is 71.8 Å². The predicted octanol–water partition coefficient (Wildman–Crippen LogP) is 1.76. The second-order valence-corrected chi connectivity index (χ2v) is 8.02. The van der Waals surface area contributed by atoms with Gasteiger partial charge in [-0.1, -0.05) is 60.7 Å². The van der Waals surface area contributed by atoms with Gasteiger partial charge in [-0.3, -0.25) is 14.6 Å². The number of nitrogens with two attached hydrogens (primary N) is 1. The van der Waals surface area contributed by atoms with E-state index in [9.17, 15) is 4.79 Å². The summed E-state index contributed by atoms with van der Waals surface area (Å²) < 4.78 is 0. The molecule has 2 saturated heterocycles. The first kappa shape index (κ1) is 19.1. The van der Waals surface area contributed by atoms with E-state index >= 15 is 0 Å². The average molecular weight is 379 g/mol. The van der Waals surface area contributed by atoms with Crippen LogP contribution < -0.4 is 5.73 Å². The maximum absolute atomic E-state index is 12.8. The molecule has 28 heavy (non-hydrogen) atoms. The van der Waals surface area contributed by atoms with Crippen LogP contribution in [0.15, 0.2) is 60.7 Å². The monoisotopic (exact) mass is 378 g/mol. The second kappa shape index (κ2) is 8.86. The highest BCUT2D eigenvalue weighted by Crippen LogP contribution is 2.26. The molecule has 1 amide bonds. The summed E-state index contributed by atoms with van der Waals surface area (Å²) in [5.41, 5.74) is 8.98. The van der Waals surface area contributed by atoms with Gasteiger partial charge in [0.05, 0.1) is 6.54 Å². The Morgan fingerprint density at radius 2 is 1.50 bits per heavy atom. The van der Waals surface area contributed by atoms with Gasteiger partial charge < -0.3 is 10.6 Å². The van der Waals surface area contributed by atoms with Crippen molar-refractivity contribution in [1.82, 2.24) is 14.7 Å². The Balaban J connectivity index is 1.25. The third kappa shape index (κ3) is 4.61. The van der Waals surface area contributed by atoms with Crippen molar-refractivity contribution in [3.63, 3.8) is 0 Å². The summed E-state index contributed by atoms with van der Waals surface area (Å²) in [5, 5.41) is 0. The number of hydrogen-bond acceptors (Lipinski definition) is 4. The van der Waals surface area contributed by atoms with Crippen molar-refractivity contribution in [1.29, 1.82) is 0 Å². The first-order valence-corrected chi connectivity index (χ1v) is 10.3. The summed E-state index contributed by atoms with van der Waals surface area (Å²) in [5.74, 6) is 0.553. The van der Waals surface area contributed by atoms with Crippen LogP contribution in [0, 0.1) is 0 Å². The quantitative estimate of drug-likeness (QED) is 0.861. The lowest BCUT2D eigenvalue weighted by Gasteiger charge is -2.35. The van der Waals surface area contributed by atoms with E-state index in [1.54, 1.807) is 0 Å². The van der Waals surface area contributed by atoms with Gasteiger partial charge in [-0.2, -0.15) is 0 Å². The molecule has 2 N–H and O–H groups in total. The minimum absolute atomic E-state index is 0.0953. The number of benzene rings is 2. The van der Waals surface area contributed by atoms with Crippen molar-refractivity contribution in [2.45, 2.75) is 18.5 Å². The van der Waals surface area contributed by atoms with Crippen LogP contribution >= 0.6 is 0 Å². The molecule has 2 fully saturated rings. The molecular weight excluding hydrogens is 348 g/mol. The standard InChI is InChI=1S/C23H30N4O/c24-22-17-26(16-21(22)20-9-5-2-6-10-20)18-23(28)27-13-11-25(12-14-27)15-19-7-3-1-4-8-19/h1-10,21-22H,11-18,24H2/t21-,22+/m0/s1. The maximum Gasteiger partial charge on any atom is 0.236 e. The topological polar surface area (TPSA) is 52.8 Å². The maximum atomic E-state index is 12.8. The Kier molecular flexibility index (Phi) is 6.05. The fourth-order valence-electron chi connectivity index (χ4n) is 4.38. The van der Waals surface area contributed by atoms with E-state index in [0.717, 1.165) is 45.8 Å². The van der Waals surface area contributed by atoms with E-state index in [1.807, 2.05) is 17.0 Å². The fraction of sp³-hybridized carbons (Fsp3) is 0.435. The Morgan fingerprint density at radius 1 is 0.857 bits per heavy atom. The SMILES string of the molecule is N[C@@H]1CN(CC(=O)N2CCN(Cc3ccccc3)CC2)C[C@H]1c1ccccc1. The highest BCUT2D eigenvalue weighted by molar-refractivity contribution is 5.78. The van der Waals surface area contributed by atoms with Crippen molar-refractivity contribution in [2.24, 2.45) is 5.73 Å². The lowest BCUT2D eigenvalue weighted by Crippen LogP contribution is -2.50. The Morgan fingerprint density at radius 3 is 2.18 bits per heavy atom. The lowest BCUT2D eigenvalue weighted by atomic mass is 9.95. The first-order valence-electron chi connectivity index (χ1n) is 10.3. The van der Waals surface area contributed by atoms with Crippen LogP contribution in [0.25, 0.3) is 0 Å². The molecule has 2 aromatic rings. The van der Waals surface area contributed by atoms with Crippen molar-refractivity contribution < 1.29 is 4.79 Å². The predicted molar refractivity (Wildman–Crippen MR) is 112 cm³/mol. The zero-order valence-corrected chi connectivity index (χ0v) is 16.4. The third-order valence-corrected chi connectivity index (χ3v) is 6.00. The van der Waals surface area contributed by atoms with Crippen molar-refractivity contribution in [2.75, 3.05) is 45.8 Å². The Labute approximate surface area is 167 Å². The Hall–Kier alpha value is -2.21. The summed E-state index contributed by atoms with van der Waals surface area (Å²) in [6, 6.07) is 21.1. The van der Waals surface area contributed by atoms with Gasteiger partial charge in [-0.15, -0.1) is 0 Å².